The van der Waals surface area contributed by atoms with Gasteiger partial charge in [0.2, 0.25) is 6.20 Å². The van der Waals surface area contributed by atoms with E-state index in [0.717, 1.165) is 6.20 Å². The van der Waals surface area contributed by atoms with Crippen LogP contribution in [0.15, 0.2) is 24.4 Å². The highest BCUT2D eigenvalue weighted by Crippen LogP contribution is 2.19. The van der Waals surface area contributed by atoms with Crippen LogP contribution in [0.3, 0.4) is 0 Å². The number of phenols is 1. The first kappa shape index (κ1) is 17.2. The lowest BCUT2D eigenvalue weighted by molar-refractivity contribution is -0.400. The number of carbonyl (C=O) groups is 2. The molecule has 0 aliphatic heterocycles. The Bertz CT molecular complexity index is 611. The number of ether oxygens (including phenoxy) is 1. The molecule has 8 nitrogen and oxygen atoms in total. The smallest absolute Gasteiger partial charge is 0.328 e. The van der Waals surface area contributed by atoms with Gasteiger partial charge in [-0.1, -0.05) is 6.07 Å². The first-order valence-electron chi connectivity index (χ1n) is 6.47. The molecular weight excluding hydrogens is 292 g/mol. The minimum atomic E-state index is -0.884. The molecule has 1 aromatic rings. The first-order chi connectivity index (χ1) is 10.3. The van der Waals surface area contributed by atoms with Crippen molar-refractivity contribution in [3.63, 3.8) is 0 Å². The predicted molar refractivity (Wildman–Crippen MR) is 77.7 cm³/mol. The maximum Gasteiger partial charge on any atom is 0.328 e. The van der Waals surface area contributed by atoms with Gasteiger partial charge in [0.25, 0.3) is 5.91 Å². The zero-order valence-electron chi connectivity index (χ0n) is 12.1. The van der Waals surface area contributed by atoms with Crippen LogP contribution in [0.4, 0.5) is 0 Å². The summed E-state index contributed by atoms with van der Waals surface area (Å²) in [5.74, 6) is -1.58. The van der Waals surface area contributed by atoms with Gasteiger partial charge >= 0.3 is 5.97 Å². The Hall–Kier alpha value is -2.90. The molecule has 0 fully saturated rings. The minimum Gasteiger partial charge on any atom is -0.507 e. The van der Waals surface area contributed by atoms with E-state index in [4.69, 9.17) is 4.74 Å². The second-order valence-electron chi connectivity index (χ2n) is 4.32. The number of esters is 1. The number of amides is 1. The molecule has 0 spiro atoms. The van der Waals surface area contributed by atoms with Crippen LogP contribution in [-0.4, -0.2) is 34.6 Å². The SMILES string of the molecule is CCOC(=O)[C@H](C)NC(=O)c1cc(/C=C/[N+](=O)[O-])ccc1O. The van der Waals surface area contributed by atoms with Crippen LogP contribution in [-0.2, 0) is 9.53 Å². The molecule has 0 aliphatic carbocycles. The number of nitro groups is 1. The van der Waals surface area contributed by atoms with Crippen molar-refractivity contribution < 1.29 is 24.4 Å². The number of nitrogens with zero attached hydrogens (tertiary/aromatic N) is 1. The Morgan fingerprint density at radius 1 is 1.50 bits per heavy atom. The molecule has 1 rings (SSSR count). The number of phenolic OH excluding ortho intramolecular Hbond substituents is 1. The number of carbonyl (C=O) groups excluding carboxylic acids is 2. The predicted octanol–water partition coefficient (Wildman–Crippen LogP) is 1.32. The van der Waals surface area contributed by atoms with Crippen molar-refractivity contribution in [3.8, 4) is 5.75 Å². The normalized spacial score (nSPS) is 11.9. The summed E-state index contributed by atoms with van der Waals surface area (Å²) in [7, 11) is 0. The molecule has 1 amide bonds. The van der Waals surface area contributed by atoms with Gasteiger partial charge in [-0.2, -0.15) is 0 Å². The van der Waals surface area contributed by atoms with Gasteiger partial charge in [0.15, 0.2) is 0 Å². The lowest BCUT2D eigenvalue weighted by Gasteiger charge is -2.13. The Kier molecular flexibility index (Phi) is 6.06. The number of nitrogens with one attached hydrogen (secondary N) is 1. The van der Waals surface area contributed by atoms with Crippen molar-refractivity contribution >= 4 is 18.0 Å². The second kappa shape index (κ2) is 7.77. The van der Waals surface area contributed by atoms with E-state index in [9.17, 15) is 24.8 Å². The van der Waals surface area contributed by atoms with Crippen LogP contribution in [0.2, 0.25) is 0 Å². The van der Waals surface area contributed by atoms with E-state index >= 15 is 0 Å². The van der Waals surface area contributed by atoms with Gasteiger partial charge in [-0.15, -0.1) is 0 Å². The maximum absolute atomic E-state index is 12.0. The fraction of sp³-hybridized carbons (Fsp3) is 0.286. The van der Waals surface area contributed by atoms with Crippen molar-refractivity contribution in [2.45, 2.75) is 19.9 Å². The molecule has 1 atom stereocenters. The number of hydrogen-bond donors (Lipinski definition) is 2. The summed E-state index contributed by atoms with van der Waals surface area (Å²) in [6.45, 7) is 3.28. The van der Waals surface area contributed by atoms with Crippen LogP contribution in [0.5, 0.6) is 5.75 Å². The van der Waals surface area contributed by atoms with Gasteiger partial charge in [-0.3, -0.25) is 14.9 Å². The molecule has 0 aliphatic rings. The van der Waals surface area contributed by atoms with Crippen LogP contribution in [0.25, 0.3) is 6.08 Å². The quantitative estimate of drug-likeness (QED) is 0.465. The van der Waals surface area contributed by atoms with Crippen molar-refractivity contribution in [1.82, 2.24) is 5.32 Å². The monoisotopic (exact) mass is 308 g/mol. The number of aromatic hydroxyl groups is 1. The topological polar surface area (TPSA) is 119 Å². The summed E-state index contributed by atoms with van der Waals surface area (Å²) in [5.41, 5.74) is 0.269. The van der Waals surface area contributed by atoms with Crippen LogP contribution >= 0.6 is 0 Å². The summed E-state index contributed by atoms with van der Waals surface area (Å²) in [4.78, 5) is 33.1. The fourth-order valence-electron chi connectivity index (χ4n) is 1.59. The molecule has 1 aromatic carbocycles. The van der Waals surface area contributed by atoms with E-state index in [1.807, 2.05) is 0 Å². The maximum atomic E-state index is 12.0. The molecule has 8 heteroatoms. The molecule has 0 aromatic heterocycles. The molecular formula is C14H16N2O6. The summed E-state index contributed by atoms with van der Waals surface area (Å²) >= 11 is 0. The highest BCUT2D eigenvalue weighted by molar-refractivity contribution is 5.99. The zero-order chi connectivity index (χ0) is 16.7. The lowest BCUT2D eigenvalue weighted by atomic mass is 10.1. The molecule has 118 valence electrons. The van der Waals surface area contributed by atoms with Gasteiger partial charge in [0, 0.05) is 6.08 Å². The van der Waals surface area contributed by atoms with Crippen LogP contribution < -0.4 is 5.32 Å². The molecule has 0 saturated carbocycles. The van der Waals surface area contributed by atoms with Gasteiger partial charge in [-0.05, 0) is 31.5 Å². The molecule has 2 N–H and O–H groups in total. The average Bonchev–Trinajstić information content (AvgIpc) is 2.46. The first-order valence-corrected chi connectivity index (χ1v) is 6.47. The van der Waals surface area contributed by atoms with E-state index in [-0.39, 0.29) is 17.9 Å². The largest absolute Gasteiger partial charge is 0.507 e. The molecule has 0 saturated heterocycles. The molecule has 0 heterocycles. The zero-order valence-corrected chi connectivity index (χ0v) is 12.1. The third-order valence-electron chi connectivity index (χ3n) is 2.64. The molecule has 0 bridgehead atoms. The van der Waals surface area contributed by atoms with Crippen molar-refractivity contribution in [2.24, 2.45) is 0 Å². The third-order valence-corrected chi connectivity index (χ3v) is 2.64. The van der Waals surface area contributed by atoms with E-state index in [1.165, 1.54) is 31.2 Å². The summed E-state index contributed by atoms with van der Waals surface area (Å²) in [5, 5.41) is 22.4. The van der Waals surface area contributed by atoms with Gasteiger partial charge in [-0.25, -0.2) is 4.79 Å². The Morgan fingerprint density at radius 2 is 2.18 bits per heavy atom. The van der Waals surface area contributed by atoms with Crippen LogP contribution in [0.1, 0.15) is 29.8 Å². The summed E-state index contributed by atoms with van der Waals surface area (Å²) in [6, 6.07) is 3.05. The van der Waals surface area contributed by atoms with E-state index in [0.29, 0.717) is 5.56 Å². The Labute approximate surface area is 126 Å². The van der Waals surface area contributed by atoms with Crippen molar-refractivity contribution in [2.75, 3.05) is 6.61 Å². The lowest BCUT2D eigenvalue weighted by Crippen LogP contribution is -2.39. The van der Waals surface area contributed by atoms with Gasteiger partial charge in [0.05, 0.1) is 17.1 Å². The second-order valence-corrected chi connectivity index (χ2v) is 4.32. The Balaban J connectivity index is 2.90. The number of hydrogen-bond acceptors (Lipinski definition) is 6. The third kappa shape index (κ3) is 4.89. The van der Waals surface area contributed by atoms with E-state index in [1.54, 1.807) is 6.92 Å². The van der Waals surface area contributed by atoms with Gasteiger partial charge < -0.3 is 15.2 Å². The molecule has 0 unspecified atom stereocenters. The molecule has 22 heavy (non-hydrogen) atoms. The molecule has 0 radical (unpaired) electrons. The number of rotatable bonds is 6. The van der Waals surface area contributed by atoms with Gasteiger partial charge in [0.1, 0.15) is 11.8 Å². The summed E-state index contributed by atoms with van der Waals surface area (Å²) < 4.78 is 4.76. The Morgan fingerprint density at radius 3 is 2.77 bits per heavy atom. The standard InChI is InChI=1S/C14H16N2O6/c1-3-22-14(19)9(2)15-13(18)11-8-10(4-5-12(11)17)6-7-16(20)21/h4-9,17H,3H2,1-2H3,(H,15,18)/b7-6+/t9-/m0/s1. The average molecular weight is 308 g/mol. The van der Waals surface area contributed by atoms with Crippen molar-refractivity contribution in [1.29, 1.82) is 0 Å². The summed E-state index contributed by atoms with van der Waals surface area (Å²) in [6.07, 6.45) is 1.90. The van der Waals surface area contributed by atoms with Crippen LogP contribution in [0, 0.1) is 10.1 Å². The highest BCUT2D eigenvalue weighted by atomic mass is 16.6. The van der Waals surface area contributed by atoms with Crippen molar-refractivity contribution in [3.05, 3.63) is 45.6 Å². The highest BCUT2D eigenvalue weighted by Gasteiger charge is 2.19. The van der Waals surface area contributed by atoms with E-state index in [2.05, 4.69) is 5.32 Å². The minimum absolute atomic E-state index is 0.0957. The van der Waals surface area contributed by atoms with E-state index < -0.39 is 22.8 Å². The number of benzene rings is 1. The fourth-order valence-corrected chi connectivity index (χ4v) is 1.59.